The monoisotopic (exact) mass is 735 g/mol. The second-order valence-corrected chi connectivity index (χ2v) is 17.6. The van der Waals surface area contributed by atoms with Crippen molar-refractivity contribution < 1.29 is 19.2 Å². The van der Waals surface area contributed by atoms with Gasteiger partial charge in [0.25, 0.3) is 11.8 Å². The van der Waals surface area contributed by atoms with Crippen molar-refractivity contribution in [3.8, 4) is 0 Å². The number of imide groups is 2. The fourth-order valence-electron chi connectivity index (χ4n) is 7.96. The van der Waals surface area contributed by atoms with Gasteiger partial charge in [-0.05, 0) is 30.7 Å². The molecule has 7 aromatic rings. The molecule has 2 heterocycles. The summed E-state index contributed by atoms with van der Waals surface area (Å²) < 4.78 is 0. The maximum atomic E-state index is 14.0. The van der Waals surface area contributed by atoms with Crippen LogP contribution < -0.4 is 36.3 Å². The number of nitrogens with one attached hydrogen (secondary N) is 1. The number of anilines is 4. The molecule has 7 aromatic carbocycles. The number of carbonyl (C=O) groups is 4. The van der Waals surface area contributed by atoms with Gasteiger partial charge in [0, 0.05) is 0 Å². The van der Waals surface area contributed by atoms with Crippen LogP contribution in [0.25, 0.3) is 0 Å². The van der Waals surface area contributed by atoms with Crippen LogP contribution in [0.15, 0.2) is 176 Å². The van der Waals surface area contributed by atoms with Gasteiger partial charge in [-0.25, -0.2) is 4.90 Å². The van der Waals surface area contributed by atoms with E-state index in [9.17, 15) is 19.2 Å². The van der Waals surface area contributed by atoms with Crippen LogP contribution in [0, 0.1) is 6.92 Å². The number of benzene rings is 7. The van der Waals surface area contributed by atoms with Crippen molar-refractivity contribution in [2.75, 3.05) is 15.1 Å². The van der Waals surface area contributed by atoms with Crippen molar-refractivity contribution in [1.29, 1.82) is 0 Å². The Bertz CT molecular complexity index is 2570. The van der Waals surface area contributed by atoms with E-state index in [2.05, 4.69) is 90.2 Å². The maximum absolute atomic E-state index is 14.0. The van der Waals surface area contributed by atoms with Gasteiger partial charge in [0.05, 0.1) is 16.8 Å². The van der Waals surface area contributed by atoms with Crippen LogP contribution in [0.4, 0.5) is 22.7 Å². The van der Waals surface area contributed by atoms with E-state index in [1.165, 1.54) is 25.7 Å². The second kappa shape index (κ2) is 13.5. The van der Waals surface area contributed by atoms with Gasteiger partial charge in [-0.3, -0.25) is 9.59 Å². The van der Waals surface area contributed by atoms with Crippen molar-refractivity contribution >= 4 is 74.9 Å². The fourth-order valence-corrected chi connectivity index (χ4v) is 12.7. The third-order valence-corrected chi connectivity index (χ3v) is 15.3. The molecular weight excluding hydrogens is 702 g/mol. The summed E-state index contributed by atoms with van der Waals surface area (Å²) in [4.78, 5) is 56.8. The summed E-state index contributed by atoms with van der Waals surface area (Å²) in [7, 11) is -2.78. The van der Waals surface area contributed by atoms with E-state index >= 15 is 0 Å². The van der Waals surface area contributed by atoms with E-state index in [4.69, 9.17) is 0 Å². The van der Waals surface area contributed by atoms with Crippen molar-refractivity contribution in [2.45, 2.75) is 6.92 Å². The normalized spacial score (nSPS) is 13.9. The van der Waals surface area contributed by atoms with Crippen LogP contribution in [0.1, 0.15) is 47.0 Å². The van der Waals surface area contributed by atoms with Crippen molar-refractivity contribution in [3.05, 3.63) is 204 Å². The number of aryl methyl sites for hydroxylation is 1. The number of carbonyl (C=O) groups excluding carboxylic acids is 4. The molecule has 7 nitrogen and oxygen atoms in total. The van der Waals surface area contributed by atoms with E-state index < -0.39 is 25.0 Å². The molecule has 0 fully saturated rings. The molecule has 0 saturated carbocycles. The topological polar surface area (TPSA) is 86.8 Å². The minimum Gasteiger partial charge on any atom is -0.268 e. The van der Waals surface area contributed by atoms with E-state index in [-0.39, 0.29) is 17.0 Å². The second-order valence-electron chi connectivity index (χ2n) is 13.8. The molecule has 0 aromatic heterocycles. The molecule has 0 saturated heterocycles. The summed E-state index contributed by atoms with van der Waals surface area (Å²) >= 11 is 0. The molecule has 0 atom stereocenters. The molecule has 0 bridgehead atoms. The van der Waals surface area contributed by atoms with Crippen LogP contribution in [-0.4, -0.2) is 23.6 Å². The molecule has 0 aliphatic carbocycles. The van der Waals surface area contributed by atoms with Gasteiger partial charge < -0.3 is 0 Å². The fraction of sp³-hybridized carbons (Fsp3) is 0.0213. The van der Waals surface area contributed by atoms with Gasteiger partial charge in [0.2, 0.25) is 0 Å². The molecular formula is C47H34N3O4P. The van der Waals surface area contributed by atoms with Crippen molar-refractivity contribution in [2.24, 2.45) is 0 Å². The molecule has 8 heteroatoms. The first-order valence-corrected chi connectivity index (χ1v) is 20.0. The Balaban J connectivity index is 1.01. The Kier molecular flexibility index (Phi) is 8.29. The Morgan fingerprint density at radius 3 is 1.25 bits per heavy atom. The number of amides is 4. The van der Waals surface area contributed by atoms with Crippen molar-refractivity contribution in [3.63, 3.8) is 0 Å². The third kappa shape index (κ3) is 5.56. The molecule has 55 heavy (non-hydrogen) atoms. The summed E-state index contributed by atoms with van der Waals surface area (Å²) in [5.74, 6) is -1.59. The van der Waals surface area contributed by atoms with Crippen LogP contribution in [0.3, 0.4) is 0 Å². The summed E-state index contributed by atoms with van der Waals surface area (Å²) in [5.41, 5.74) is 4.28. The molecule has 0 spiro atoms. The summed E-state index contributed by atoms with van der Waals surface area (Å²) in [5, 5.41) is 8.07. The first kappa shape index (κ1) is 33.9. The van der Waals surface area contributed by atoms with E-state index in [1.54, 1.807) is 48.5 Å². The zero-order valence-electron chi connectivity index (χ0n) is 29.8. The van der Waals surface area contributed by atoms with Crippen molar-refractivity contribution in [1.82, 2.24) is 0 Å². The molecule has 4 amide bonds. The van der Waals surface area contributed by atoms with Gasteiger partial charge in [0.1, 0.15) is 0 Å². The van der Waals surface area contributed by atoms with Gasteiger partial charge in [0.15, 0.2) is 0 Å². The SMILES string of the molecule is Cc1cccc(N2C(=O)c3ccc(Nc4ccc5c(c4)C(=O)N(c4ccc([PH](c6ccccc6)(c6ccccc6)c6ccccc6)cc4)C5=O)cc3C2=O)c1. The molecule has 0 unspecified atom stereocenters. The number of rotatable bonds is 8. The minimum absolute atomic E-state index is 0.277. The van der Waals surface area contributed by atoms with Crippen LogP contribution >= 0.6 is 7.26 Å². The first-order valence-electron chi connectivity index (χ1n) is 18.0. The zero-order chi connectivity index (χ0) is 37.7. The quantitative estimate of drug-likeness (QED) is 0.128. The summed E-state index contributed by atoms with van der Waals surface area (Å²) in [6.07, 6.45) is 0. The minimum atomic E-state index is -2.78. The predicted molar refractivity (Wildman–Crippen MR) is 222 cm³/mol. The molecule has 266 valence electrons. The smallest absolute Gasteiger partial charge is 0.268 e. The van der Waals surface area contributed by atoms with E-state index in [1.807, 2.05) is 49.4 Å². The standard InChI is InChI=1S/C47H34N3O4P/c1-31-12-11-13-35(28-31)50-45(52)41-27-21-33(30-43(41)47(50)54)48-32-20-26-40-42(29-32)46(53)49(44(40)51)34-22-24-39(25-23-34)55(36-14-5-2-6-15-36,37-16-7-3-8-17-37)38-18-9-4-10-19-38/h2-30,48,55H,1H3. The Labute approximate surface area is 318 Å². The molecule has 0 radical (unpaired) electrons. The zero-order valence-corrected chi connectivity index (χ0v) is 30.8. The molecule has 2 aliphatic rings. The van der Waals surface area contributed by atoms with E-state index in [0.717, 1.165) is 10.9 Å². The Morgan fingerprint density at radius 1 is 0.382 bits per heavy atom. The summed E-state index contributed by atoms with van der Waals surface area (Å²) in [6, 6.07) is 56.8. The van der Waals surface area contributed by atoms with E-state index in [0.29, 0.717) is 33.9 Å². The average Bonchev–Trinajstić information content (AvgIpc) is 3.62. The number of fused-ring (bicyclic) bond motifs is 2. The van der Waals surface area contributed by atoms with Gasteiger partial charge in [-0.2, -0.15) is 0 Å². The summed E-state index contributed by atoms with van der Waals surface area (Å²) in [6.45, 7) is 1.91. The predicted octanol–water partition coefficient (Wildman–Crippen LogP) is 7.69. The number of hydrogen-bond acceptors (Lipinski definition) is 5. The van der Waals surface area contributed by atoms with Crippen LogP contribution in [-0.2, 0) is 0 Å². The Morgan fingerprint density at radius 2 is 0.800 bits per heavy atom. The first-order chi connectivity index (χ1) is 26.8. The van der Waals surface area contributed by atoms with Crippen LogP contribution in [0.2, 0.25) is 0 Å². The number of hydrogen-bond donors (Lipinski definition) is 1. The molecule has 9 rings (SSSR count). The average molecular weight is 736 g/mol. The van der Waals surface area contributed by atoms with Crippen LogP contribution in [0.5, 0.6) is 0 Å². The Hall–Kier alpha value is -6.95. The third-order valence-electron chi connectivity index (χ3n) is 10.5. The van der Waals surface area contributed by atoms with Gasteiger partial charge in [-0.15, -0.1) is 0 Å². The molecule has 1 N–H and O–H groups in total. The molecule has 2 aliphatic heterocycles. The van der Waals surface area contributed by atoms with Gasteiger partial charge in [-0.1, -0.05) is 12.1 Å². The number of nitrogens with zero attached hydrogens (tertiary/aromatic N) is 2. The van der Waals surface area contributed by atoms with Gasteiger partial charge >= 0.3 is 234 Å².